The monoisotopic (exact) mass is 390 g/mol. The van der Waals surface area contributed by atoms with Crippen molar-refractivity contribution < 1.29 is 18.7 Å². The number of nitriles is 1. The van der Waals surface area contributed by atoms with Gasteiger partial charge in [0, 0.05) is 24.0 Å². The Morgan fingerprint density at radius 2 is 1.93 bits per heavy atom. The third kappa shape index (κ3) is 3.59. The van der Waals surface area contributed by atoms with Crippen LogP contribution in [-0.2, 0) is 16.1 Å². The first kappa shape index (κ1) is 18.8. The van der Waals surface area contributed by atoms with E-state index in [2.05, 4.69) is 6.07 Å². The van der Waals surface area contributed by atoms with Gasteiger partial charge in [-0.3, -0.25) is 4.79 Å². The average molecular weight is 390 g/mol. The molecule has 0 spiro atoms. The number of allylic oxidation sites excluding steroid dienone is 3. The number of nitrogens with two attached hydrogens (primary N) is 1. The Hall–Kier alpha value is -3.59. The van der Waals surface area contributed by atoms with Crippen molar-refractivity contribution in [2.75, 3.05) is 0 Å². The van der Waals surface area contributed by atoms with E-state index in [0.717, 1.165) is 5.56 Å². The summed E-state index contributed by atoms with van der Waals surface area (Å²) in [6, 6.07) is 15.4. The van der Waals surface area contributed by atoms with Crippen LogP contribution in [-0.4, -0.2) is 5.78 Å². The van der Waals surface area contributed by atoms with E-state index in [1.165, 1.54) is 12.1 Å². The van der Waals surface area contributed by atoms with Gasteiger partial charge in [0.05, 0.1) is 5.92 Å². The maximum absolute atomic E-state index is 13.1. The van der Waals surface area contributed by atoms with Gasteiger partial charge in [-0.1, -0.05) is 30.3 Å². The number of hydrogen-bond acceptors (Lipinski definition) is 5. The van der Waals surface area contributed by atoms with Crippen LogP contribution in [0.2, 0.25) is 0 Å². The van der Waals surface area contributed by atoms with E-state index in [9.17, 15) is 14.4 Å². The molecule has 2 aromatic rings. The molecule has 0 fully saturated rings. The summed E-state index contributed by atoms with van der Waals surface area (Å²) in [7, 11) is 0. The van der Waals surface area contributed by atoms with Crippen molar-refractivity contribution in [2.24, 2.45) is 5.73 Å². The number of hydrogen-bond donors (Lipinski definition) is 1. The topological polar surface area (TPSA) is 85.3 Å². The van der Waals surface area contributed by atoms with Crippen LogP contribution in [0.3, 0.4) is 0 Å². The average Bonchev–Trinajstić information content (AvgIpc) is 2.73. The van der Waals surface area contributed by atoms with Crippen LogP contribution in [0.5, 0.6) is 5.75 Å². The van der Waals surface area contributed by atoms with Crippen LogP contribution in [0.4, 0.5) is 4.39 Å². The molecule has 146 valence electrons. The van der Waals surface area contributed by atoms with Gasteiger partial charge in [-0.05, 0) is 30.2 Å². The van der Waals surface area contributed by atoms with E-state index in [0.29, 0.717) is 41.9 Å². The van der Waals surface area contributed by atoms with E-state index in [4.69, 9.17) is 15.2 Å². The highest BCUT2D eigenvalue weighted by atomic mass is 19.1. The molecule has 1 aliphatic heterocycles. The SMILES string of the molecule is N#CC1=C(N)OC2=C(C(=O)CCC2)[C@H]1c1ccccc1OCc1ccc(F)cc1. The third-order valence-electron chi connectivity index (χ3n) is 5.14. The fourth-order valence-corrected chi connectivity index (χ4v) is 3.76. The minimum atomic E-state index is -0.624. The first-order valence-corrected chi connectivity index (χ1v) is 9.38. The van der Waals surface area contributed by atoms with Gasteiger partial charge in [0.2, 0.25) is 5.88 Å². The standard InChI is InChI=1S/C23H19FN2O3/c24-15-10-8-14(9-11-15)13-28-19-6-2-1-4-16(19)21-17(12-25)23(26)29-20-7-3-5-18(27)22(20)21/h1-2,4,6,8-11,21H,3,5,7,13,26H2/t21-/m0/s1. The van der Waals surface area contributed by atoms with Crippen molar-refractivity contribution in [3.63, 3.8) is 0 Å². The summed E-state index contributed by atoms with van der Waals surface area (Å²) in [6.45, 7) is 0.224. The Balaban J connectivity index is 1.73. The number of carbonyl (C=O) groups excluding carboxylic acids is 1. The smallest absolute Gasteiger partial charge is 0.205 e. The summed E-state index contributed by atoms with van der Waals surface area (Å²) < 4.78 is 24.7. The summed E-state index contributed by atoms with van der Waals surface area (Å²) in [5.41, 5.74) is 8.19. The van der Waals surface area contributed by atoms with E-state index in [1.54, 1.807) is 18.2 Å². The molecule has 29 heavy (non-hydrogen) atoms. The fraction of sp³-hybridized carbons (Fsp3) is 0.217. The van der Waals surface area contributed by atoms with Crippen LogP contribution in [0.15, 0.2) is 71.3 Å². The number of ketones is 1. The molecule has 0 radical (unpaired) electrons. The van der Waals surface area contributed by atoms with Crippen LogP contribution < -0.4 is 10.5 Å². The third-order valence-corrected chi connectivity index (χ3v) is 5.14. The molecule has 0 bridgehead atoms. The van der Waals surface area contributed by atoms with Crippen LogP contribution in [0, 0.1) is 17.1 Å². The number of nitrogens with zero attached hydrogens (tertiary/aromatic N) is 1. The first-order valence-electron chi connectivity index (χ1n) is 9.38. The lowest BCUT2D eigenvalue weighted by molar-refractivity contribution is -0.116. The summed E-state index contributed by atoms with van der Waals surface area (Å²) in [6.07, 6.45) is 1.72. The van der Waals surface area contributed by atoms with Gasteiger partial charge in [-0.2, -0.15) is 5.26 Å². The molecule has 1 heterocycles. The number of Topliss-reactive ketones (excluding diaryl/α,β-unsaturated/α-hetero) is 1. The molecule has 0 aromatic heterocycles. The van der Waals surface area contributed by atoms with Crippen LogP contribution >= 0.6 is 0 Å². The van der Waals surface area contributed by atoms with Crippen molar-refractivity contribution >= 4 is 5.78 Å². The lowest BCUT2D eigenvalue weighted by atomic mass is 9.77. The van der Waals surface area contributed by atoms with Crippen molar-refractivity contribution in [2.45, 2.75) is 31.8 Å². The number of ether oxygens (including phenoxy) is 2. The maximum atomic E-state index is 13.1. The minimum absolute atomic E-state index is 0.0271. The zero-order valence-electron chi connectivity index (χ0n) is 15.7. The predicted octanol–water partition coefficient (Wildman–Crippen LogP) is 4.22. The number of para-hydroxylation sites is 1. The molecule has 5 nitrogen and oxygen atoms in total. The molecule has 0 saturated heterocycles. The Bertz CT molecular complexity index is 1060. The summed E-state index contributed by atoms with van der Waals surface area (Å²) in [5, 5.41) is 9.72. The highest BCUT2D eigenvalue weighted by Crippen LogP contribution is 2.45. The van der Waals surface area contributed by atoms with Crippen LogP contribution in [0.1, 0.15) is 36.3 Å². The van der Waals surface area contributed by atoms with E-state index >= 15 is 0 Å². The number of benzene rings is 2. The molecular formula is C23H19FN2O3. The molecule has 1 aliphatic carbocycles. The quantitative estimate of drug-likeness (QED) is 0.845. The summed E-state index contributed by atoms with van der Waals surface area (Å²) >= 11 is 0. The van der Waals surface area contributed by atoms with E-state index in [1.807, 2.05) is 18.2 Å². The number of carbonyl (C=O) groups is 1. The molecule has 6 heteroatoms. The highest BCUT2D eigenvalue weighted by molar-refractivity contribution is 5.99. The van der Waals surface area contributed by atoms with Gasteiger partial charge in [0.25, 0.3) is 0 Å². The van der Waals surface area contributed by atoms with Crippen LogP contribution in [0.25, 0.3) is 0 Å². The van der Waals surface area contributed by atoms with Crippen molar-refractivity contribution in [3.05, 3.63) is 88.3 Å². The van der Waals surface area contributed by atoms with Gasteiger partial charge in [0.1, 0.15) is 35.6 Å². The molecule has 0 amide bonds. The molecule has 4 rings (SSSR count). The summed E-state index contributed by atoms with van der Waals surface area (Å²) in [5.74, 6) is 0.126. The number of rotatable bonds is 4. The molecule has 0 saturated carbocycles. The molecule has 1 atom stereocenters. The lowest BCUT2D eigenvalue weighted by Gasteiger charge is -2.31. The Kier molecular flexibility index (Phi) is 5.05. The van der Waals surface area contributed by atoms with Crippen molar-refractivity contribution in [1.29, 1.82) is 5.26 Å². The molecule has 2 aromatic carbocycles. The largest absolute Gasteiger partial charge is 0.489 e. The Labute approximate surface area is 167 Å². The minimum Gasteiger partial charge on any atom is -0.489 e. The predicted molar refractivity (Wildman–Crippen MR) is 104 cm³/mol. The Morgan fingerprint density at radius 3 is 2.69 bits per heavy atom. The van der Waals surface area contributed by atoms with E-state index < -0.39 is 5.92 Å². The second-order valence-corrected chi connectivity index (χ2v) is 6.99. The fourth-order valence-electron chi connectivity index (χ4n) is 3.76. The second kappa shape index (κ2) is 7.80. The van der Waals surface area contributed by atoms with Gasteiger partial charge in [0.15, 0.2) is 5.78 Å². The second-order valence-electron chi connectivity index (χ2n) is 6.99. The zero-order chi connectivity index (χ0) is 20.4. The number of halogens is 1. The normalized spacial score (nSPS) is 18.8. The summed E-state index contributed by atoms with van der Waals surface area (Å²) in [4.78, 5) is 12.7. The maximum Gasteiger partial charge on any atom is 0.205 e. The van der Waals surface area contributed by atoms with Gasteiger partial charge >= 0.3 is 0 Å². The van der Waals surface area contributed by atoms with Crippen molar-refractivity contribution in [3.8, 4) is 11.8 Å². The molecule has 2 aliphatic rings. The Morgan fingerprint density at radius 1 is 1.17 bits per heavy atom. The van der Waals surface area contributed by atoms with Gasteiger partial charge in [-0.15, -0.1) is 0 Å². The van der Waals surface area contributed by atoms with Gasteiger partial charge in [-0.25, -0.2) is 4.39 Å². The molecule has 0 unspecified atom stereocenters. The molecule has 2 N–H and O–H groups in total. The zero-order valence-corrected chi connectivity index (χ0v) is 15.7. The van der Waals surface area contributed by atoms with E-state index in [-0.39, 0.29) is 29.7 Å². The lowest BCUT2D eigenvalue weighted by Crippen LogP contribution is -2.27. The molecular weight excluding hydrogens is 371 g/mol. The van der Waals surface area contributed by atoms with Gasteiger partial charge < -0.3 is 15.2 Å². The van der Waals surface area contributed by atoms with Crippen molar-refractivity contribution in [1.82, 2.24) is 0 Å². The first-order chi connectivity index (χ1) is 14.1. The highest BCUT2D eigenvalue weighted by Gasteiger charge is 2.39.